The molecule has 39 heavy (non-hydrogen) atoms. The molecule has 0 atom stereocenters. The Labute approximate surface area is 228 Å². The van der Waals surface area contributed by atoms with Crippen LogP contribution in [0.2, 0.25) is 0 Å². The topological polar surface area (TPSA) is 9.23 Å². The lowest BCUT2D eigenvalue weighted by molar-refractivity contribution is 0.170. The van der Waals surface area contributed by atoms with Crippen LogP contribution in [0.4, 0.5) is 17.6 Å². The van der Waals surface area contributed by atoms with Gasteiger partial charge in [-0.3, -0.25) is 0 Å². The average Bonchev–Trinajstić information content (AvgIpc) is 2.97. The lowest BCUT2D eigenvalue weighted by Crippen LogP contribution is -2.25. The fourth-order valence-electron chi connectivity index (χ4n) is 6.83. The summed E-state index contributed by atoms with van der Waals surface area (Å²) in [6, 6.07) is 12.5. The van der Waals surface area contributed by atoms with E-state index in [2.05, 4.69) is 19.1 Å². The van der Waals surface area contributed by atoms with E-state index in [1.807, 2.05) is 0 Å². The lowest BCUT2D eigenvalue weighted by atomic mass is 9.68. The van der Waals surface area contributed by atoms with Gasteiger partial charge in [0.2, 0.25) is 5.82 Å². The van der Waals surface area contributed by atoms with E-state index in [-0.39, 0.29) is 22.8 Å². The summed E-state index contributed by atoms with van der Waals surface area (Å²) >= 11 is 0. The fraction of sp³-hybridized carbons (Fsp3) is 0.412. The van der Waals surface area contributed by atoms with Gasteiger partial charge in [0.1, 0.15) is 0 Å². The molecule has 2 saturated carbocycles. The van der Waals surface area contributed by atoms with Crippen molar-refractivity contribution in [3.05, 3.63) is 89.5 Å². The van der Waals surface area contributed by atoms with Crippen molar-refractivity contribution in [3.8, 4) is 28.0 Å². The number of benzene rings is 3. The standard InChI is InChI=1S/C34H36F4O/c1-3-4-21-5-7-22(8-6-21)23-9-11-24(12-10-23)27-17-18-28(32(36)31(27)35)25-13-15-26(16-14-25)29-19-20-30(39-2)34(38)33(29)37/h3-4,13-24H,5-12H2,1-2H3/b4-3+. The molecular formula is C34H36F4O. The minimum absolute atomic E-state index is 0.0412. The van der Waals surface area contributed by atoms with Crippen molar-refractivity contribution in [1.29, 1.82) is 0 Å². The fourth-order valence-corrected chi connectivity index (χ4v) is 6.83. The summed E-state index contributed by atoms with van der Waals surface area (Å²) in [5, 5.41) is 0. The first-order chi connectivity index (χ1) is 18.9. The van der Waals surface area contributed by atoms with E-state index < -0.39 is 23.3 Å². The maximum atomic E-state index is 15.3. The van der Waals surface area contributed by atoms with Gasteiger partial charge in [-0.15, -0.1) is 0 Å². The maximum absolute atomic E-state index is 15.3. The van der Waals surface area contributed by atoms with Crippen LogP contribution in [0.3, 0.4) is 0 Å². The molecule has 0 saturated heterocycles. The smallest absolute Gasteiger partial charge is 0.201 e. The van der Waals surface area contributed by atoms with Crippen molar-refractivity contribution >= 4 is 0 Å². The van der Waals surface area contributed by atoms with E-state index in [1.54, 1.807) is 36.4 Å². The Hall–Kier alpha value is -3.08. The highest BCUT2D eigenvalue weighted by molar-refractivity contribution is 5.72. The van der Waals surface area contributed by atoms with Crippen LogP contribution in [-0.4, -0.2) is 7.11 Å². The Morgan fingerprint density at radius 2 is 1.13 bits per heavy atom. The van der Waals surface area contributed by atoms with E-state index in [9.17, 15) is 8.78 Å². The van der Waals surface area contributed by atoms with Crippen molar-refractivity contribution in [1.82, 2.24) is 0 Å². The molecule has 0 unspecified atom stereocenters. The number of ether oxygens (including phenoxy) is 1. The van der Waals surface area contributed by atoms with Gasteiger partial charge >= 0.3 is 0 Å². The molecule has 3 aromatic carbocycles. The molecule has 0 N–H and O–H groups in total. The van der Waals surface area contributed by atoms with Gasteiger partial charge in [-0.05, 0) is 111 Å². The predicted molar refractivity (Wildman–Crippen MR) is 149 cm³/mol. The van der Waals surface area contributed by atoms with Gasteiger partial charge in [-0.1, -0.05) is 48.6 Å². The summed E-state index contributed by atoms with van der Waals surface area (Å²) in [6.45, 7) is 2.09. The van der Waals surface area contributed by atoms with E-state index in [0.717, 1.165) is 37.5 Å². The molecule has 5 heteroatoms. The van der Waals surface area contributed by atoms with Gasteiger partial charge in [0.05, 0.1) is 7.11 Å². The molecule has 2 aliphatic carbocycles. The third-order valence-electron chi connectivity index (χ3n) is 9.05. The zero-order valence-corrected chi connectivity index (χ0v) is 22.7. The van der Waals surface area contributed by atoms with Crippen LogP contribution in [-0.2, 0) is 0 Å². The Bertz CT molecular complexity index is 1310. The minimum atomic E-state index is -1.06. The minimum Gasteiger partial charge on any atom is -0.494 e. The number of halogens is 4. The first-order valence-electron chi connectivity index (χ1n) is 14.1. The second kappa shape index (κ2) is 12.0. The monoisotopic (exact) mass is 536 g/mol. The lowest BCUT2D eigenvalue weighted by Gasteiger charge is -2.37. The average molecular weight is 537 g/mol. The van der Waals surface area contributed by atoms with Crippen LogP contribution in [0.5, 0.6) is 5.75 Å². The van der Waals surface area contributed by atoms with Gasteiger partial charge in [0.25, 0.3) is 0 Å². The van der Waals surface area contributed by atoms with Crippen LogP contribution in [0, 0.1) is 41.0 Å². The summed E-state index contributed by atoms with van der Waals surface area (Å²) in [5.74, 6) is -1.65. The first-order valence-corrected chi connectivity index (χ1v) is 14.1. The quantitative estimate of drug-likeness (QED) is 0.225. The molecule has 0 heterocycles. The third-order valence-corrected chi connectivity index (χ3v) is 9.05. The van der Waals surface area contributed by atoms with Crippen molar-refractivity contribution < 1.29 is 22.3 Å². The molecule has 2 aliphatic rings. The van der Waals surface area contributed by atoms with Crippen LogP contribution in [0.25, 0.3) is 22.3 Å². The number of hydrogen-bond donors (Lipinski definition) is 0. The number of allylic oxidation sites excluding steroid dienone is 2. The molecule has 5 rings (SSSR count). The molecule has 0 radical (unpaired) electrons. The van der Waals surface area contributed by atoms with Gasteiger partial charge in [-0.25, -0.2) is 13.2 Å². The zero-order chi connectivity index (χ0) is 27.5. The van der Waals surface area contributed by atoms with Crippen LogP contribution < -0.4 is 4.74 Å². The molecule has 0 aliphatic heterocycles. The van der Waals surface area contributed by atoms with Crippen molar-refractivity contribution in [2.45, 2.75) is 64.2 Å². The molecule has 2 fully saturated rings. The summed E-state index contributed by atoms with van der Waals surface area (Å²) in [7, 11) is 1.27. The number of methoxy groups -OCH3 is 1. The molecule has 0 aromatic heterocycles. The van der Waals surface area contributed by atoms with Gasteiger partial charge in [-0.2, -0.15) is 4.39 Å². The van der Waals surface area contributed by atoms with Crippen molar-refractivity contribution in [2.24, 2.45) is 17.8 Å². The SMILES string of the molecule is C/C=C/C1CCC(C2CCC(c3ccc(-c4ccc(-c5ccc(OC)c(F)c5F)cc4)c(F)c3F)CC2)CC1. The molecule has 3 aromatic rings. The Kier molecular flexibility index (Phi) is 8.44. The van der Waals surface area contributed by atoms with Gasteiger partial charge in [0, 0.05) is 11.1 Å². The highest BCUT2D eigenvalue weighted by Gasteiger charge is 2.32. The van der Waals surface area contributed by atoms with Gasteiger partial charge < -0.3 is 4.74 Å². The van der Waals surface area contributed by atoms with E-state index >= 15 is 8.78 Å². The normalized spacial score (nSPS) is 23.7. The summed E-state index contributed by atoms with van der Waals surface area (Å²) in [5.41, 5.74) is 1.62. The van der Waals surface area contributed by atoms with E-state index in [4.69, 9.17) is 4.74 Å². The molecule has 0 spiro atoms. The Morgan fingerprint density at radius 1 is 0.615 bits per heavy atom. The van der Waals surface area contributed by atoms with Gasteiger partial charge in [0.15, 0.2) is 23.2 Å². The second-order valence-corrected chi connectivity index (χ2v) is 11.2. The Morgan fingerprint density at radius 3 is 1.67 bits per heavy atom. The molecule has 0 bridgehead atoms. The third kappa shape index (κ3) is 5.64. The highest BCUT2D eigenvalue weighted by Crippen LogP contribution is 2.45. The summed E-state index contributed by atoms with van der Waals surface area (Å²) < 4.78 is 64.1. The van der Waals surface area contributed by atoms with Crippen LogP contribution in [0.15, 0.2) is 60.7 Å². The van der Waals surface area contributed by atoms with E-state index in [1.165, 1.54) is 44.9 Å². The maximum Gasteiger partial charge on any atom is 0.201 e. The molecule has 0 amide bonds. The first kappa shape index (κ1) is 27.5. The predicted octanol–water partition coefficient (Wildman–Crippen LogP) is 10.2. The number of hydrogen-bond acceptors (Lipinski definition) is 1. The number of rotatable bonds is 6. The van der Waals surface area contributed by atoms with Crippen LogP contribution in [0.1, 0.15) is 69.8 Å². The second-order valence-electron chi connectivity index (χ2n) is 11.2. The summed E-state index contributed by atoms with van der Waals surface area (Å²) in [6.07, 6.45) is 13.5. The van der Waals surface area contributed by atoms with Crippen molar-refractivity contribution in [3.63, 3.8) is 0 Å². The molecular weight excluding hydrogens is 500 g/mol. The Balaban J connectivity index is 1.26. The molecule has 206 valence electrons. The van der Waals surface area contributed by atoms with E-state index in [0.29, 0.717) is 22.6 Å². The molecule has 1 nitrogen and oxygen atoms in total. The van der Waals surface area contributed by atoms with Crippen molar-refractivity contribution in [2.75, 3.05) is 7.11 Å². The van der Waals surface area contributed by atoms with Crippen LogP contribution >= 0.6 is 0 Å². The summed E-state index contributed by atoms with van der Waals surface area (Å²) in [4.78, 5) is 0. The largest absolute Gasteiger partial charge is 0.494 e. The highest BCUT2D eigenvalue weighted by atomic mass is 19.2. The zero-order valence-electron chi connectivity index (χ0n) is 22.7.